The number of H-pyrrole nitrogens is 1. The number of thiazole rings is 1. The van der Waals surface area contributed by atoms with Gasteiger partial charge in [-0.3, -0.25) is 4.79 Å². The lowest BCUT2D eigenvalue weighted by Gasteiger charge is -2.17. The molecule has 0 radical (unpaired) electrons. The highest BCUT2D eigenvalue weighted by atomic mass is 32.1. The quantitative estimate of drug-likeness (QED) is 0.858. The van der Waals surface area contributed by atoms with E-state index in [1.165, 1.54) is 11.3 Å². The Hall–Kier alpha value is -1.79. The van der Waals surface area contributed by atoms with Gasteiger partial charge in [0.1, 0.15) is 11.5 Å². The first-order valence-corrected chi connectivity index (χ1v) is 7.14. The van der Waals surface area contributed by atoms with Crippen molar-refractivity contribution >= 4 is 11.3 Å². The van der Waals surface area contributed by atoms with E-state index in [0.29, 0.717) is 6.54 Å². The standard InChI is InChI=1S/C14H18N2O3S/c1-9(15-7-10-8-20-14(17)16-10)12-6-11(18-2)4-5-13(12)19-3/h4-6,8-9,15H,7H2,1-3H3,(H,16,17). The average molecular weight is 294 g/mol. The first kappa shape index (κ1) is 14.6. The van der Waals surface area contributed by atoms with Gasteiger partial charge in [0.15, 0.2) is 0 Å². The molecule has 1 aromatic carbocycles. The van der Waals surface area contributed by atoms with Crippen LogP contribution < -0.4 is 19.7 Å². The molecular weight excluding hydrogens is 276 g/mol. The van der Waals surface area contributed by atoms with Crippen LogP contribution in [0.2, 0.25) is 0 Å². The lowest BCUT2D eigenvalue weighted by Crippen LogP contribution is -2.19. The zero-order valence-electron chi connectivity index (χ0n) is 11.7. The second kappa shape index (κ2) is 6.58. The maximum absolute atomic E-state index is 11.1. The van der Waals surface area contributed by atoms with Crippen molar-refractivity contribution in [3.05, 3.63) is 44.5 Å². The van der Waals surface area contributed by atoms with Crippen molar-refractivity contribution < 1.29 is 9.47 Å². The number of rotatable bonds is 6. The third kappa shape index (κ3) is 3.40. The number of nitrogens with one attached hydrogen (secondary N) is 2. The lowest BCUT2D eigenvalue weighted by atomic mass is 10.1. The summed E-state index contributed by atoms with van der Waals surface area (Å²) in [5.41, 5.74) is 1.90. The van der Waals surface area contributed by atoms with Gasteiger partial charge in [-0.05, 0) is 25.1 Å². The molecule has 0 aliphatic carbocycles. The van der Waals surface area contributed by atoms with E-state index in [0.717, 1.165) is 22.8 Å². The van der Waals surface area contributed by atoms with E-state index in [4.69, 9.17) is 9.47 Å². The minimum absolute atomic E-state index is 0.0339. The Morgan fingerprint density at radius 3 is 2.75 bits per heavy atom. The van der Waals surface area contributed by atoms with E-state index >= 15 is 0 Å². The van der Waals surface area contributed by atoms with E-state index < -0.39 is 0 Å². The number of ether oxygens (including phenoxy) is 2. The number of aromatic amines is 1. The fourth-order valence-electron chi connectivity index (χ4n) is 1.95. The number of methoxy groups -OCH3 is 2. The van der Waals surface area contributed by atoms with Crippen molar-refractivity contribution in [2.45, 2.75) is 19.5 Å². The number of hydrogen-bond acceptors (Lipinski definition) is 5. The van der Waals surface area contributed by atoms with Gasteiger partial charge in [0.05, 0.1) is 14.2 Å². The zero-order chi connectivity index (χ0) is 14.5. The van der Waals surface area contributed by atoms with E-state index in [2.05, 4.69) is 10.3 Å². The van der Waals surface area contributed by atoms with Crippen molar-refractivity contribution in [2.75, 3.05) is 14.2 Å². The molecule has 0 bridgehead atoms. The summed E-state index contributed by atoms with van der Waals surface area (Å²) in [5.74, 6) is 1.60. The van der Waals surface area contributed by atoms with Crippen LogP contribution in [0.3, 0.4) is 0 Å². The van der Waals surface area contributed by atoms with Gasteiger partial charge in [0.25, 0.3) is 0 Å². The predicted octanol–water partition coefficient (Wildman–Crippen LogP) is 2.30. The van der Waals surface area contributed by atoms with Crippen molar-refractivity contribution in [2.24, 2.45) is 0 Å². The van der Waals surface area contributed by atoms with E-state index in [1.807, 2.05) is 30.5 Å². The monoisotopic (exact) mass is 294 g/mol. The minimum atomic E-state index is -0.0339. The first-order chi connectivity index (χ1) is 9.63. The molecule has 0 aliphatic heterocycles. The highest BCUT2D eigenvalue weighted by Crippen LogP contribution is 2.29. The number of hydrogen-bond donors (Lipinski definition) is 2. The normalized spacial score (nSPS) is 12.2. The SMILES string of the molecule is COc1ccc(OC)c(C(C)NCc2csc(=O)[nH]2)c1. The summed E-state index contributed by atoms with van der Waals surface area (Å²) in [5, 5.41) is 5.18. The van der Waals surface area contributed by atoms with Crippen LogP contribution in [-0.4, -0.2) is 19.2 Å². The molecule has 0 amide bonds. The van der Waals surface area contributed by atoms with Gasteiger partial charge in [-0.2, -0.15) is 0 Å². The molecule has 2 rings (SSSR count). The van der Waals surface area contributed by atoms with Gasteiger partial charge in [-0.25, -0.2) is 0 Å². The third-order valence-corrected chi connectivity index (χ3v) is 3.79. The second-order valence-electron chi connectivity index (χ2n) is 4.38. The summed E-state index contributed by atoms with van der Waals surface area (Å²) in [4.78, 5) is 13.8. The Morgan fingerprint density at radius 2 is 2.15 bits per heavy atom. The third-order valence-electron chi connectivity index (χ3n) is 3.07. The van der Waals surface area contributed by atoms with Gasteiger partial charge in [-0.15, -0.1) is 0 Å². The molecule has 20 heavy (non-hydrogen) atoms. The van der Waals surface area contributed by atoms with Gasteiger partial charge in [0, 0.05) is 29.2 Å². The molecule has 1 aromatic heterocycles. The van der Waals surface area contributed by atoms with Crippen LogP contribution in [-0.2, 0) is 6.54 Å². The topological polar surface area (TPSA) is 63.4 Å². The van der Waals surface area contributed by atoms with Crippen molar-refractivity contribution in [3.8, 4) is 11.5 Å². The highest BCUT2D eigenvalue weighted by molar-refractivity contribution is 7.07. The Balaban J connectivity index is 2.11. The summed E-state index contributed by atoms with van der Waals surface area (Å²) in [7, 11) is 3.29. The molecule has 1 unspecified atom stereocenters. The Morgan fingerprint density at radius 1 is 1.35 bits per heavy atom. The van der Waals surface area contributed by atoms with Crippen LogP contribution in [0.25, 0.3) is 0 Å². The van der Waals surface area contributed by atoms with Gasteiger partial charge >= 0.3 is 4.87 Å². The fourth-order valence-corrected chi connectivity index (χ4v) is 2.53. The van der Waals surface area contributed by atoms with Crippen LogP contribution in [0, 0.1) is 0 Å². The summed E-state index contributed by atoms with van der Waals surface area (Å²) in [6, 6.07) is 5.78. The van der Waals surface area contributed by atoms with E-state index in [1.54, 1.807) is 14.2 Å². The van der Waals surface area contributed by atoms with Crippen LogP contribution in [0.5, 0.6) is 11.5 Å². The average Bonchev–Trinajstić information content (AvgIpc) is 2.89. The molecule has 0 fully saturated rings. The fraction of sp³-hybridized carbons (Fsp3) is 0.357. The zero-order valence-corrected chi connectivity index (χ0v) is 12.5. The molecule has 1 atom stereocenters. The van der Waals surface area contributed by atoms with Crippen molar-refractivity contribution in [3.63, 3.8) is 0 Å². The number of aromatic nitrogens is 1. The van der Waals surface area contributed by atoms with Crippen LogP contribution >= 0.6 is 11.3 Å². The van der Waals surface area contributed by atoms with Crippen LogP contribution in [0.15, 0.2) is 28.4 Å². The molecule has 6 heteroatoms. The molecule has 5 nitrogen and oxygen atoms in total. The van der Waals surface area contributed by atoms with Crippen molar-refractivity contribution in [1.29, 1.82) is 0 Å². The van der Waals surface area contributed by atoms with Crippen molar-refractivity contribution in [1.82, 2.24) is 10.3 Å². The molecule has 0 spiro atoms. The Bertz CT molecular complexity index is 621. The van der Waals surface area contributed by atoms with E-state index in [-0.39, 0.29) is 10.9 Å². The maximum Gasteiger partial charge on any atom is 0.304 e. The molecule has 2 N–H and O–H groups in total. The first-order valence-electron chi connectivity index (χ1n) is 6.26. The molecule has 0 aliphatic rings. The Labute approximate surface area is 121 Å². The molecule has 1 heterocycles. The lowest BCUT2D eigenvalue weighted by molar-refractivity contribution is 0.391. The van der Waals surface area contributed by atoms with Crippen LogP contribution in [0.4, 0.5) is 0 Å². The molecular formula is C14H18N2O3S. The summed E-state index contributed by atoms with van der Waals surface area (Å²) in [6.07, 6.45) is 0. The second-order valence-corrected chi connectivity index (χ2v) is 5.23. The smallest absolute Gasteiger partial charge is 0.304 e. The molecule has 0 saturated heterocycles. The molecule has 0 saturated carbocycles. The van der Waals surface area contributed by atoms with Gasteiger partial charge in [0.2, 0.25) is 0 Å². The van der Waals surface area contributed by atoms with Crippen LogP contribution in [0.1, 0.15) is 24.2 Å². The molecule has 2 aromatic rings. The maximum atomic E-state index is 11.1. The minimum Gasteiger partial charge on any atom is -0.497 e. The summed E-state index contributed by atoms with van der Waals surface area (Å²) < 4.78 is 10.6. The molecule has 108 valence electrons. The number of benzene rings is 1. The summed E-state index contributed by atoms with van der Waals surface area (Å²) in [6.45, 7) is 2.64. The summed E-state index contributed by atoms with van der Waals surface area (Å²) >= 11 is 1.17. The largest absolute Gasteiger partial charge is 0.497 e. The van der Waals surface area contributed by atoms with Gasteiger partial charge in [-0.1, -0.05) is 11.3 Å². The Kier molecular flexibility index (Phi) is 4.81. The predicted molar refractivity (Wildman–Crippen MR) is 79.7 cm³/mol. The highest BCUT2D eigenvalue weighted by Gasteiger charge is 2.12. The van der Waals surface area contributed by atoms with E-state index in [9.17, 15) is 4.79 Å². The van der Waals surface area contributed by atoms with Gasteiger partial charge < -0.3 is 19.8 Å².